The molecule has 0 aromatic heterocycles. The Kier molecular flexibility index (Phi) is 7.60. The van der Waals surface area contributed by atoms with Crippen molar-refractivity contribution in [2.45, 2.75) is 19.6 Å². The van der Waals surface area contributed by atoms with E-state index in [2.05, 4.69) is 40.7 Å². The van der Waals surface area contributed by atoms with E-state index in [-0.39, 0.29) is 0 Å². The molecule has 0 N–H and O–H groups in total. The molecule has 0 atom stereocenters. The molecule has 0 radical (unpaired) electrons. The predicted octanol–water partition coefficient (Wildman–Crippen LogP) is 4.68. The van der Waals surface area contributed by atoms with E-state index in [1.807, 2.05) is 23.9 Å². The van der Waals surface area contributed by atoms with Gasteiger partial charge in [-0.3, -0.25) is 0 Å². The molecule has 0 bridgehead atoms. The Hall–Kier alpha value is 0.300. The first-order valence-corrected chi connectivity index (χ1v) is 8.24. The molecule has 0 amide bonds. The Morgan fingerprint density at radius 3 is 2.59 bits per heavy atom. The highest BCUT2D eigenvalue weighted by Gasteiger charge is 2.02. The quantitative estimate of drug-likeness (QED) is 0.665. The van der Waals surface area contributed by atoms with Crippen molar-refractivity contribution in [3.8, 4) is 0 Å². The number of hydrogen-bond donors (Lipinski definition) is 0. The average Bonchev–Trinajstić information content (AvgIpc) is 2.32. The van der Waals surface area contributed by atoms with E-state index in [9.17, 15) is 0 Å². The van der Waals surface area contributed by atoms with Gasteiger partial charge in [0.1, 0.15) is 0 Å². The zero-order valence-corrected chi connectivity index (χ0v) is 13.5. The first kappa shape index (κ1) is 15.4. The van der Waals surface area contributed by atoms with E-state index in [4.69, 9.17) is 11.6 Å². The van der Waals surface area contributed by atoms with Gasteiger partial charge in [0.25, 0.3) is 0 Å². The third-order valence-corrected chi connectivity index (χ3v) is 4.55. The van der Waals surface area contributed by atoms with Gasteiger partial charge >= 0.3 is 0 Å². The van der Waals surface area contributed by atoms with Crippen molar-refractivity contribution in [2.75, 3.05) is 25.4 Å². The Balaban J connectivity index is 2.31. The van der Waals surface area contributed by atoms with Crippen LogP contribution in [0.3, 0.4) is 0 Å². The van der Waals surface area contributed by atoms with Gasteiger partial charge in [0, 0.05) is 27.5 Å². The fraction of sp³-hybridized carbons (Fsp3) is 0.538. The molecule has 0 aliphatic rings. The second kappa shape index (κ2) is 8.41. The van der Waals surface area contributed by atoms with Gasteiger partial charge in [0.2, 0.25) is 0 Å². The zero-order valence-electron chi connectivity index (χ0n) is 10.4. The Labute approximate surface area is 122 Å². The summed E-state index contributed by atoms with van der Waals surface area (Å²) < 4.78 is 1.04. The molecule has 0 aliphatic carbocycles. The molecule has 0 heterocycles. The van der Waals surface area contributed by atoms with Crippen molar-refractivity contribution >= 4 is 39.3 Å². The number of halogens is 2. The third kappa shape index (κ3) is 5.64. The summed E-state index contributed by atoms with van der Waals surface area (Å²) in [6.07, 6.45) is 0. The maximum absolute atomic E-state index is 6.17. The van der Waals surface area contributed by atoms with Gasteiger partial charge in [-0.05, 0) is 30.8 Å². The molecule has 0 saturated heterocycles. The summed E-state index contributed by atoms with van der Waals surface area (Å²) in [5.41, 5.74) is 1.22. The minimum absolute atomic E-state index is 0.856. The number of thioether (sulfide) groups is 1. The van der Waals surface area contributed by atoms with E-state index in [1.54, 1.807) is 0 Å². The SMILES string of the molecule is CCN(CC)CCSCc1ccc(Br)cc1Cl. The van der Waals surface area contributed by atoms with Crippen LogP contribution in [-0.2, 0) is 5.75 Å². The van der Waals surface area contributed by atoms with Crippen LogP contribution in [0.5, 0.6) is 0 Å². The van der Waals surface area contributed by atoms with Gasteiger partial charge in [0.05, 0.1) is 0 Å². The third-order valence-electron chi connectivity index (χ3n) is 2.72. The molecule has 96 valence electrons. The van der Waals surface area contributed by atoms with Crippen LogP contribution in [0.25, 0.3) is 0 Å². The van der Waals surface area contributed by atoms with Crippen LogP contribution in [0.4, 0.5) is 0 Å². The number of nitrogens with zero attached hydrogens (tertiary/aromatic N) is 1. The van der Waals surface area contributed by atoms with E-state index in [0.29, 0.717) is 0 Å². The molecule has 4 heteroatoms. The van der Waals surface area contributed by atoms with Crippen molar-refractivity contribution < 1.29 is 0 Å². The van der Waals surface area contributed by atoms with E-state index < -0.39 is 0 Å². The second-order valence-corrected chi connectivity index (χ2v) is 6.24. The molecule has 0 fully saturated rings. The largest absolute Gasteiger partial charge is 0.303 e. The number of rotatable bonds is 7. The highest BCUT2D eigenvalue weighted by atomic mass is 79.9. The molecule has 0 spiro atoms. The molecular formula is C13H19BrClNS. The highest BCUT2D eigenvalue weighted by molar-refractivity contribution is 9.10. The summed E-state index contributed by atoms with van der Waals surface area (Å²) in [5.74, 6) is 2.15. The van der Waals surface area contributed by atoms with Gasteiger partial charge in [-0.1, -0.05) is 47.4 Å². The molecule has 0 saturated carbocycles. The van der Waals surface area contributed by atoms with E-state index in [0.717, 1.165) is 40.6 Å². The maximum Gasteiger partial charge on any atom is 0.0457 e. The standard InChI is InChI=1S/C13H19BrClNS/c1-3-16(4-2)7-8-17-10-11-5-6-12(14)9-13(11)15/h5-6,9H,3-4,7-8,10H2,1-2H3. The Bertz CT molecular complexity index is 342. The van der Waals surface area contributed by atoms with E-state index in [1.165, 1.54) is 5.56 Å². The summed E-state index contributed by atoms with van der Waals surface area (Å²) in [6, 6.07) is 6.10. The monoisotopic (exact) mass is 335 g/mol. The molecule has 17 heavy (non-hydrogen) atoms. The lowest BCUT2D eigenvalue weighted by molar-refractivity contribution is 0.324. The lowest BCUT2D eigenvalue weighted by Gasteiger charge is -2.17. The van der Waals surface area contributed by atoms with Crippen LogP contribution in [0.1, 0.15) is 19.4 Å². The average molecular weight is 337 g/mol. The summed E-state index contributed by atoms with van der Waals surface area (Å²) in [6.45, 7) is 7.84. The summed E-state index contributed by atoms with van der Waals surface area (Å²) in [5, 5.41) is 0.856. The highest BCUT2D eigenvalue weighted by Crippen LogP contribution is 2.24. The Morgan fingerprint density at radius 2 is 2.00 bits per heavy atom. The molecule has 1 aromatic rings. The van der Waals surface area contributed by atoms with Crippen molar-refractivity contribution in [3.05, 3.63) is 33.3 Å². The predicted molar refractivity (Wildman–Crippen MR) is 83.1 cm³/mol. The van der Waals surface area contributed by atoms with Crippen LogP contribution < -0.4 is 0 Å². The summed E-state index contributed by atoms with van der Waals surface area (Å²) in [4.78, 5) is 2.44. The van der Waals surface area contributed by atoms with Crippen molar-refractivity contribution in [3.63, 3.8) is 0 Å². The smallest absolute Gasteiger partial charge is 0.0457 e. The van der Waals surface area contributed by atoms with Crippen LogP contribution >= 0.6 is 39.3 Å². The fourth-order valence-corrected chi connectivity index (χ4v) is 3.38. The fourth-order valence-electron chi connectivity index (χ4n) is 1.55. The molecule has 1 aromatic carbocycles. The minimum atomic E-state index is 0.856. The van der Waals surface area contributed by atoms with Crippen LogP contribution in [-0.4, -0.2) is 30.3 Å². The first-order chi connectivity index (χ1) is 8.17. The van der Waals surface area contributed by atoms with Crippen LogP contribution in [0.15, 0.2) is 22.7 Å². The van der Waals surface area contributed by atoms with Crippen LogP contribution in [0, 0.1) is 0 Å². The lowest BCUT2D eigenvalue weighted by atomic mass is 10.2. The maximum atomic E-state index is 6.17. The van der Waals surface area contributed by atoms with Gasteiger partial charge in [-0.2, -0.15) is 11.8 Å². The van der Waals surface area contributed by atoms with Crippen molar-refractivity contribution in [1.82, 2.24) is 4.90 Å². The summed E-state index contributed by atoms with van der Waals surface area (Å²) >= 11 is 11.5. The molecule has 1 rings (SSSR count). The lowest BCUT2D eigenvalue weighted by Crippen LogP contribution is -2.25. The van der Waals surface area contributed by atoms with Gasteiger partial charge in [-0.15, -0.1) is 0 Å². The molecular weight excluding hydrogens is 318 g/mol. The van der Waals surface area contributed by atoms with Gasteiger partial charge in [0.15, 0.2) is 0 Å². The second-order valence-electron chi connectivity index (χ2n) is 3.82. The zero-order chi connectivity index (χ0) is 12.7. The Morgan fingerprint density at radius 1 is 1.29 bits per heavy atom. The first-order valence-electron chi connectivity index (χ1n) is 5.91. The molecule has 0 unspecified atom stereocenters. The topological polar surface area (TPSA) is 3.24 Å². The number of benzene rings is 1. The van der Waals surface area contributed by atoms with Crippen molar-refractivity contribution in [1.29, 1.82) is 0 Å². The van der Waals surface area contributed by atoms with Gasteiger partial charge in [-0.25, -0.2) is 0 Å². The summed E-state index contributed by atoms with van der Waals surface area (Å²) in [7, 11) is 0. The van der Waals surface area contributed by atoms with E-state index >= 15 is 0 Å². The minimum Gasteiger partial charge on any atom is -0.303 e. The molecule has 1 nitrogen and oxygen atoms in total. The van der Waals surface area contributed by atoms with Crippen LogP contribution in [0.2, 0.25) is 5.02 Å². The number of hydrogen-bond acceptors (Lipinski definition) is 2. The van der Waals surface area contributed by atoms with Crippen molar-refractivity contribution in [2.24, 2.45) is 0 Å². The molecule has 0 aliphatic heterocycles. The van der Waals surface area contributed by atoms with Gasteiger partial charge < -0.3 is 4.90 Å². The normalized spacial score (nSPS) is 11.1.